The van der Waals surface area contributed by atoms with Crippen molar-refractivity contribution in [1.29, 1.82) is 0 Å². The topological polar surface area (TPSA) is 119 Å². The lowest BCUT2D eigenvalue weighted by molar-refractivity contribution is 0.0247. The molecule has 1 saturated heterocycles. The van der Waals surface area contributed by atoms with Crippen LogP contribution < -0.4 is 9.62 Å². The molecular weight excluding hydrogens is 552 g/mol. The molecule has 3 fully saturated rings. The Morgan fingerprint density at radius 1 is 1.12 bits per heavy atom. The number of carbonyl (C=O) groups excluding carboxylic acids is 1. The molecule has 2 saturated carbocycles. The summed E-state index contributed by atoms with van der Waals surface area (Å²) in [5.41, 5.74) is 2.50. The average Bonchev–Trinajstić information content (AvgIpc) is 3.53. The minimum absolute atomic E-state index is 0.0312. The van der Waals surface area contributed by atoms with E-state index in [0.717, 1.165) is 68.8 Å². The van der Waals surface area contributed by atoms with Gasteiger partial charge in [0.25, 0.3) is 5.91 Å². The monoisotopic (exact) mass is 586 g/mol. The molecule has 0 aromatic carbocycles. The van der Waals surface area contributed by atoms with Crippen molar-refractivity contribution in [2.45, 2.75) is 70.6 Å². The van der Waals surface area contributed by atoms with Crippen LogP contribution in [0, 0.1) is 11.8 Å². The van der Waals surface area contributed by atoms with Crippen molar-refractivity contribution in [3.05, 3.63) is 35.2 Å². The van der Waals surface area contributed by atoms with Gasteiger partial charge in [-0.25, -0.2) is 23.1 Å². The molecule has 3 aromatic heterocycles. The van der Waals surface area contributed by atoms with Gasteiger partial charge in [0, 0.05) is 31.0 Å². The van der Waals surface area contributed by atoms with Crippen LogP contribution in [0.3, 0.4) is 0 Å². The summed E-state index contributed by atoms with van der Waals surface area (Å²) in [6, 6.07) is 3.59. The minimum atomic E-state index is -3.78. The van der Waals surface area contributed by atoms with Gasteiger partial charge in [-0.1, -0.05) is 31.4 Å². The first-order valence-corrected chi connectivity index (χ1v) is 16.4. The van der Waals surface area contributed by atoms with Crippen molar-refractivity contribution >= 4 is 44.5 Å². The second kappa shape index (κ2) is 10.9. The molecule has 2 atom stereocenters. The number of ether oxygens (including phenoxy) is 1. The number of anilines is 1. The predicted molar refractivity (Wildman–Crippen MR) is 154 cm³/mol. The smallest absolute Gasteiger partial charge is 0.283 e. The van der Waals surface area contributed by atoms with Gasteiger partial charge < -0.3 is 14.2 Å². The molecule has 12 heteroatoms. The minimum Gasteiger partial charge on any atom is -0.374 e. The van der Waals surface area contributed by atoms with Gasteiger partial charge in [0.2, 0.25) is 16.0 Å². The number of nitrogens with zero attached hydrogens (tertiary/aromatic N) is 5. The largest absolute Gasteiger partial charge is 0.374 e. The van der Waals surface area contributed by atoms with E-state index >= 15 is 0 Å². The van der Waals surface area contributed by atoms with Crippen LogP contribution in [0.5, 0.6) is 0 Å². The molecule has 0 bridgehead atoms. The summed E-state index contributed by atoms with van der Waals surface area (Å²) in [6.45, 7) is 4.47. The Bertz CT molecular complexity index is 1540. The number of sulfonamides is 1. The Balaban J connectivity index is 1.55. The van der Waals surface area contributed by atoms with Gasteiger partial charge in [-0.3, -0.25) is 9.78 Å². The van der Waals surface area contributed by atoms with Gasteiger partial charge in [0.1, 0.15) is 5.69 Å². The molecule has 0 radical (unpaired) electrons. The number of hydrogen-bond acceptors (Lipinski definition) is 8. The highest BCUT2D eigenvalue weighted by atomic mass is 35.5. The van der Waals surface area contributed by atoms with Crippen LogP contribution in [-0.4, -0.2) is 65.4 Å². The third-order valence-corrected chi connectivity index (χ3v) is 9.27. The molecule has 3 aliphatic rings. The molecule has 214 valence electrons. The lowest BCUT2D eigenvalue weighted by Crippen LogP contribution is -2.49. The fourth-order valence-corrected chi connectivity index (χ4v) is 7.18. The number of aromatic nitrogens is 4. The summed E-state index contributed by atoms with van der Waals surface area (Å²) in [5.74, 6) is 1.28. The van der Waals surface area contributed by atoms with Crippen LogP contribution >= 0.6 is 11.6 Å². The third-order valence-electron chi connectivity index (χ3n) is 8.51. The average molecular weight is 587 g/mol. The van der Waals surface area contributed by atoms with Gasteiger partial charge >= 0.3 is 0 Å². The molecule has 40 heavy (non-hydrogen) atoms. The zero-order chi connectivity index (χ0) is 28.0. The van der Waals surface area contributed by atoms with E-state index in [9.17, 15) is 13.2 Å². The SMILES string of the molecule is CC1CCC(Cn2c(N3CCO[C@H]4CCC[C@@H]43)nc3cc(C(=O)NS(C)(=O)=O)nc(-c4cncc(Cl)c4)c32)CC1. The second-order valence-electron chi connectivity index (χ2n) is 11.6. The van der Waals surface area contributed by atoms with Crippen LogP contribution in [0.2, 0.25) is 5.02 Å². The molecule has 1 aliphatic heterocycles. The number of amides is 1. The number of carbonyl (C=O) groups is 1. The summed E-state index contributed by atoms with van der Waals surface area (Å²) in [4.78, 5) is 29.5. The van der Waals surface area contributed by atoms with Crippen LogP contribution in [0.4, 0.5) is 5.95 Å². The normalized spacial score (nSPS) is 25.2. The first-order chi connectivity index (χ1) is 19.2. The maximum absolute atomic E-state index is 13.0. The van der Waals surface area contributed by atoms with Crippen LogP contribution in [0.15, 0.2) is 24.5 Å². The van der Waals surface area contributed by atoms with Crippen molar-refractivity contribution in [3.63, 3.8) is 0 Å². The Kier molecular flexibility index (Phi) is 7.47. The highest BCUT2D eigenvalue weighted by Gasteiger charge is 2.39. The molecule has 2 aliphatic carbocycles. The highest BCUT2D eigenvalue weighted by molar-refractivity contribution is 7.89. The van der Waals surface area contributed by atoms with Crippen LogP contribution in [0.25, 0.3) is 22.3 Å². The number of hydrogen-bond donors (Lipinski definition) is 1. The third kappa shape index (κ3) is 5.56. The van der Waals surface area contributed by atoms with E-state index in [1.165, 1.54) is 12.8 Å². The maximum atomic E-state index is 13.0. The number of fused-ring (bicyclic) bond motifs is 2. The quantitative estimate of drug-likeness (QED) is 0.451. The summed E-state index contributed by atoms with van der Waals surface area (Å²) in [7, 11) is -3.78. The number of imidazole rings is 1. The van der Waals surface area contributed by atoms with Crippen molar-refractivity contribution in [2.75, 3.05) is 24.3 Å². The molecule has 6 rings (SSSR count). The predicted octanol–water partition coefficient (Wildman–Crippen LogP) is 4.42. The summed E-state index contributed by atoms with van der Waals surface area (Å²) >= 11 is 6.34. The van der Waals surface area contributed by atoms with Crippen molar-refractivity contribution in [2.24, 2.45) is 11.8 Å². The number of halogens is 1. The summed E-state index contributed by atoms with van der Waals surface area (Å²) in [5, 5.41) is 0.438. The first-order valence-electron chi connectivity index (χ1n) is 14.1. The van der Waals surface area contributed by atoms with Gasteiger partial charge in [0.15, 0.2) is 0 Å². The van der Waals surface area contributed by atoms with E-state index in [-0.39, 0.29) is 17.8 Å². The number of pyridine rings is 2. The lowest BCUT2D eigenvalue weighted by atomic mass is 9.83. The zero-order valence-electron chi connectivity index (χ0n) is 22.8. The highest BCUT2D eigenvalue weighted by Crippen LogP contribution is 2.39. The fourth-order valence-electron chi connectivity index (χ4n) is 6.56. The van der Waals surface area contributed by atoms with Crippen molar-refractivity contribution in [3.8, 4) is 11.3 Å². The zero-order valence-corrected chi connectivity index (χ0v) is 24.4. The molecule has 1 N–H and O–H groups in total. The van der Waals surface area contributed by atoms with E-state index in [4.69, 9.17) is 26.3 Å². The van der Waals surface area contributed by atoms with Crippen molar-refractivity contribution < 1.29 is 17.9 Å². The van der Waals surface area contributed by atoms with Gasteiger partial charge in [-0.05, 0) is 56.1 Å². The number of rotatable bonds is 6. The Morgan fingerprint density at radius 3 is 2.67 bits per heavy atom. The van der Waals surface area contributed by atoms with E-state index < -0.39 is 15.9 Å². The van der Waals surface area contributed by atoms with Crippen LogP contribution in [-0.2, 0) is 21.3 Å². The van der Waals surface area contributed by atoms with Gasteiger partial charge in [-0.15, -0.1) is 0 Å². The Morgan fingerprint density at radius 2 is 1.93 bits per heavy atom. The Labute approximate surface area is 239 Å². The van der Waals surface area contributed by atoms with E-state index in [0.29, 0.717) is 34.3 Å². The van der Waals surface area contributed by atoms with Gasteiger partial charge in [0.05, 0.1) is 46.8 Å². The molecule has 0 unspecified atom stereocenters. The fraction of sp³-hybridized carbons (Fsp3) is 0.571. The lowest BCUT2D eigenvalue weighted by Gasteiger charge is -2.39. The molecule has 1 amide bonds. The molecule has 4 heterocycles. The van der Waals surface area contributed by atoms with E-state index in [1.807, 2.05) is 4.72 Å². The molecular formula is C28H35ClN6O4S. The number of nitrogens with one attached hydrogen (secondary N) is 1. The number of morpholine rings is 1. The maximum Gasteiger partial charge on any atom is 0.283 e. The first kappa shape index (κ1) is 27.4. The Hall–Kier alpha value is -2.76. The molecule has 0 spiro atoms. The second-order valence-corrected chi connectivity index (χ2v) is 13.8. The standard InChI is InChI=1S/C28H35ClN6O4S/c1-17-6-8-18(9-7-17)16-35-26-21(32-28(35)34-10-11-39-24-5-3-4-23(24)34)13-22(27(36)33-40(2,37)38)31-25(26)19-12-20(29)15-30-14-19/h12-15,17-18,23-24H,3-11,16H2,1-2H3,(H,33,36)/t17?,18?,23-,24-/m0/s1. The summed E-state index contributed by atoms with van der Waals surface area (Å²) in [6.07, 6.45) is 12.2. The summed E-state index contributed by atoms with van der Waals surface area (Å²) < 4.78 is 34.2. The van der Waals surface area contributed by atoms with Gasteiger partial charge in [-0.2, -0.15) is 0 Å². The molecule has 10 nitrogen and oxygen atoms in total. The van der Waals surface area contributed by atoms with Crippen LogP contribution in [0.1, 0.15) is 62.4 Å². The molecule has 3 aromatic rings. The van der Waals surface area contributed by atoms with E-state index in [2.05, 4.69) is 21.4 Å². The van der Waals surface area contributed by atoms with Crippen molar-refractivity contribution in [1.82, 2.24) is 24.2 Å². The van der Waals surface area contributed by atoms with E-state index in [1.54, 1.807) is 24.5 Å².